The van der Waals surface area contributed by atoms with Crippen LogP contribution in [0.15, 0.2) is 18.2 Å². The minimum Gasteiger partial charge on any atom is -0.507 e. The Morgan fingerprint density at radius 1 is 1.33 bits per heavy atom. The topological polar surface area (TPSA) is 86.6 Å². The molecule has 1 saturated carbocycles. The standard InChI is InChI=1S/C15H18ClNO4/c1-9-4-6-15(7-5-9,14(20)21)17-13(19)11-3-2-10(16)8-12(11)18/h2-3,8-9,18H,4-7H2,1H3,(H,17,19)(H,20,21). The summed E-state index contributed by atoms with van der Waals surface area (Å²) < 4.78 is 0. The third kappa shape index (κ3) is 3.29. The number of phenolic OH excluding ortho intramolecular Hbond substituents is 1. The number of benzene rings is 1. The predicted molar refractivity (Wildman–Crippen MR) is 78.6 cm³/mol. The van der Waals surface area contributed by atoms with E-state index in [2.05, 4.69) is 12.2 Å². The van der Waals surface area contributed by atoms with Gasteiger partial charge in [0.2, 0.25) is 0 Å². The van der Waals surface area contributed by atoms with Gasteiger partial charge in [0.1, 0.15) is 11.3 Å². The van der Waals surface area contributed by atoms with Crippen LogP contribution in [0.3, 0.4) is 0 Å². The molecule has 0 atom stereocenters. The second kappa shape index (κ2) is 5.93. The van der Waals surface area contributed by atoms with Crippen molar-refractivity contribution in [2.75, 3.05) is 0 Å². The molecule has 0 aliphatic heterocycles. The van der Waals surface area contributed by atoms with Crippen LogP contribution in [0.25, 0.3) is 0 Å². The van der Waals surface area contributed by atoms with Gasteiger partial charge in [0, 0.05) is 5.02 Å². The number of nitrogens with one attached hydrogen (secondary N) is 1. The quantitative estimate of drug-likeness (QED) is 0.801. The summed E-state index contributed by atoms with van der Waals surface area (Å²) in [5.41, 5.74) is -1.23. The Bertz CT molecular complexity index is 565. The van der Waals surface area contributed by atoms with Crippen molar-refractivity contribution in [3.05, 3.63) is 28.8 Å². The van der Waals surface area contributed by atoms with Crippen molar-refractivity contribution >= 4 is 23.5 Å². The summed E-state index contributed by atoms with van der Waals surface area (Å²) in [5.74, 6) is -1.43. The van der Waals surface area contributed by atoms with E-state index in [-0.39, 0.29) is 11.3 Å². The lowest BCUT2D eigenvalue weighted by Crippen LogP contribution is -2.56. The highest BCUT2D eigenvalue weighted by Crippen LogP contribution is 2.33. The zero-order chi connectivity index (χ0) is 15.6. The molecule has 0 radical (unpaired) electrons. The van der Waals surface area contributed by atoms with E-state index in [9.17, 15) is 19.8 Å². The summed E-state index contributed by atoms with van der Waals surface area (Å²) in [6, 6.07) is 4.12. The van der Waals surface area contributed by atoms with Gasteiger partial charge >= 0.3 is 5.97 Å². The van der Waals surface area contributed by atoms with Crippen LogP contribution in [0.2, 0.25) is 5.02 Å². The van der Waals surface area contributed by atoms with Crippen LogP contribution in [0, 0.1) is 5.92 Å². The molecule has 1 aromatic carbocycles. The number of amides is 1. The molecule has 0 bridgehead atoms. The van der Waals surface area contributed by atoms with Gasteiger partial charge in [0.15, 0.2) is 0 Å². The Morgan fingerprint density at radius 3 is 2.48 bits per heavy atom. The van der Waals surface area contributed by atoms with Gasteiger partial charge in [-0.3, -0.25) is 4.79 Å². The first kappa shape index (κ1) is 15.6. The van der Waals surface area contributed by atoms with Gasteiger partial charge in [-0.05, 0) is 49.8 Å². The molecule has 0 saturated heterocycles. The summed E-state index contributed by atoms with van der Waals surface area (Å²) >= 11 is 5.72. The van der Waals surface area contributed by atoms with Crippen molar-refractivity contribution in [2.24, 2.45) is 5.92 Å². The fourth-order valence-corrected chi connectivity index (χ4v) is 2.80. The van der Waals surface area contributed by atoms with E-state index in [1.807, 2.05) is 0 Å². The van der Waals surface area contributed by atoms with Crippen molar-refractivity contribution in [1.82, 2.24) is 5.32 Å². The normalized spacial score (nSPS) is 25.3. The third-order valence-electron chi connectivity index (χ3n) is 4.09. The highest BCUT2D eigenvalue weighted by molar-refractivity contribution is 6.30. The average Bonchev–Trinajstić information content (AvgIpc) is 2.41. The van der Waals surface area contributed by atoms with Crippen molar-refractivity contribution in [2.45, 2.75) is 38.1 Å². The SMILES string of the molecule is CC1CCC(NC(=O)c2ccc(Cl)cc2O)(C(=O)O)CC1. The van der Waals surface area contributed by atoms with Crippen LogP contribution in [-0.4, -0.2) is 27.6 Å². The van der Waals surface area contributed by atoms with E-state index in [0.29, 0.717) is 23.8 Å². The maximum absolute atomic E-state index is 12.3. The average molecular weight is 312 g/mol. The van der Waals surface area contributed by atoms with E-state index in [4.69, 9.17) is 11.6 Å². The molecule has 0 spiro atoms. The molecular weight excluding hydrogens is 294 g/mol. The van der Waals surface area contributed by atoms with Crippen LogP contribution < -0.4 is 5.32 Å². The molecule has 0 aromatic heterocycles. The van der Waals surface area contributed by atoms with Gasteiger partial charge in [0.25, 0.3) is 5.91 Å². The number of halogens is 1. The number of carboxylic acids is 1. The fraction of sp³-hybridized carbons (Fsp3) is 0.467. The number of carbonyl (C=O) groups is 2. The lowest BCUT2D eigenvalue weighted by Gasteiger charge is -2.36. The molecule has 1 aliphatic carbocycles. The van der Waals surface area contributed by atoms with Gasteiger partial charge < -0.3 is 15.5 Å². The molecule has 1 amide bonds. The molecule has 0 heterocycles. The largest absolute Gasteiger partial charge is 0.507 e. The van der Waals surface area contributed by atoms with E-state index in [0.717, 1.165) is 12.8 Å². The second-order valence-corrected chi connectivity index (χ2v) is 6.12. The molecule has 2 rings (SSSR count). The predicted octanol–water partition coefficient (Wildman–Crippen LogP) is 2.81. The zero-order valence-corrected chi connectivity index (χ0v) is 12.5. The van der Waals surface area contributed by atoms with E-state index in [1.165, 1.54) is 18.2 Å². The molecule has 1 aromatic rings. The van der Waals surface area contributed by atoms with Crippen molar-refractivity contribution in [1.29, 1.82) is 0 Å². The number of phenols is 1. The first-order valence-electron chi connectivity index (χ1n) is 6.88. The van der Waals surface area contributed by atoms with Crippen LogP contribution in [0.4, 0.5) is 0 Å². The summed E-state index contributed by atoms with van der Waals surface area (Å²) in [6.45, 7) is 2.07. The first-order chi connectivity index (χ1) is 9.84. The number of carboxylic acid groups (broad SMARTS) is 1. The van der Waals surface area contributed by atoms with Crippen LogP contribution >= 0.6 is 11.6 Å². The second-order valence-electron chi connectivity index (χ2n) is 5.69. The molecule has 1 aliphatic rings. The highest BCUT2D eigenvalue weighted by atomic mass is 35.5. The van der Waals surface area contributed by atoms with Crippen LogP contribution in [0.1, 0.15) is 43.0 Å². The molecular formula is C15H18ClNO4. The van der Waals surface area contributed by atoms with E-state index < -0.39 is 17.4 Å². The van der Waals surface area contributed by atoms with Gasteiger partial charge in [-0.1, -0.05) is 18.5 Å². The summed E-state index contributed by atoms with van der Waals surface area (Å²) in [6.07, 6.45) is 2.28. The molecule has 0 unspecified atom stereocenters. The Balaban J connectivity index is 2.21. The van der Waals surface area contributed by atoms with Gasteiger partial charge in [-0.15, -0.1) is 0 Å². The van der Waals surface area contributed by atoms with Gasteiger partial charge in [-0.25, -0.2) is 4.79 Å². The van der Waals surface area contributed by atoms with E-state index >= 15 is 0 Å². The number of hydrogen-bond donors (Lipinski definition) is 3. The van der Waals surface area contributed by atoms with Gasteiger partial charge in [-0.2, -0.15) is 0 Å². The number of aliphatic carboxylic acids is 1. The first-order valence-corrected chi connectivity index (χ1v) is 7.26. The smallest absolute Gasteiger partial charge is 0.329 e. The van der Waals surface area contributed by atoms with E-state index in [1.54, 1.807) is 0 Å². The van der Waals surface area contributed by atoms with Gasteiger partial charge in [0.05, 0.1) is 5.56 Å². The number of rotatable bonds is 3. The van der Waals surface area contributed by atoms with Crippen molar-refractivity contribution < 1.29 is 19.8 Å². The Kier molecular flexibility index (Phi) is 4.42. The molecule has 5 nitrogen and oxygen atoms in total. The number of carbonyl (C=O) groups excluding carboxylic acids is 1. The molecule has 6 heteroatoms. The summed E-state index contributed by atoms with van der Waals surface area (Å²) in [4.78, 5) is 23.8. The summed E-state index contributed by atoms with van der Waals surface area (Å²) in [7, 11) is 0. The maximum Gasteiger partial charge on any atom is 0.329 e. The molecule has 3 N–H and O–H groups in total. The highest BCUT2D eigenvalue weighted by Gasteiger charge is 2.42. The minimum absolute atomic E-state index is 0.0265. The zero-order valence-electron chi connectivity index (χ0n) is 11.7. The summed E-state index contributed by atoms with van der Waals surface area (Å²) in [5, 5.41) is 22.1. The fourth-order valence-electron chi connectivity index (χ4n) is 2.63. The molecule has 114 valence electrons. The Hall–Kier alpha value is -1.75. The lowest BCUT2D eigenvalue weighted by atomic mass is 9.77. The third-order valence-corrected chi connectivity index (χ3v) is 4.33. The minimum atomic E-state index is -1.25. The maximum atomic E-state index is 12.3. The van der Waals surface area contributed by atoms with Crippen molar-refractivity contribution in [3.8, 4) is 5.75 Å². The monoisotopic (exact) mass is 311 g/mol. The Labute approximate surface area is 127 Å². The molecule has 1 fully saturated rings. The van der Waals surface area contributed by atoms with Crippen LogP contribution in [0.5, 0.6) is 5.75 Å². The number of hydrogen-bond acceptors (Lipinski definition) is 3. The van der Waals surface area contributed by atoms with Crippen LogP contribution in [-0.2, 0) is 4.79 Å². The van der Waals surface area contributed by atoms with Crippen molar-refractivity contribution in [3.63, 3.8) is 0 Å². The Morgan fingerprint density at radius 2 is 1.95 bits per heavy atom. The number of aromatic hydroxyl groups is 1. The lowest BCUT2D eigenvalue weighted by molar-refractivity contribution is -0.146. The molecule has 21 heavy (non-hydrogen) atoms.